The van der Waals surface area contributed by atoms with Gasteiger partial charge in [-0.05, 0) is 56.0 Å². The van der Waals surface area contributed by atoms with Gasteiger partial charge in [-0.15, -0.1) is 11.3 Å². The predicted octanol–water partition coefficient (Wildman–Crippen LogP) is 4.29. The van der Waals surface area contributed by atoms with Crippen LogP contribution in [0.2, 0.25) is 0 Å². The van der Waals surface area contributed by atoms with Crippen LogP contribution in [0.3, 0.4) is 0 Å². The van der Waals surface area contributed by atoms with Gasteiger partial charge in [0.25, 0.3) is 0 Å². The minimum atomic E-state index is -4.55. The van der Waals surface area contributed by atoms with Crippen LogP contribution in [0.5, 0.6) is 0 Å². The molecule has 3 aromatic rings. The number of halogens is 3. The number of likely N-dealkylation sites (tertiary alicyclic amines) is 1. The number of aromatic nitrogens is 3. The second-order valence-electron chi connectivity index (χ2n) is 8.21. The quantitative estimate of drug-likeness (QED) is 0.503. The number of aliphatic hydroxyl groups excluding tert-OH is 1. The van der Waals surface area contributed by atoms with Crippen LogP contribution in [-0.4, -0.2) is 49.4 Å². The largest absolute Gasteiger partial charge is 0.433 e. The monoisotopic (exact) mass is 479 g/mol. The summed E-state index contributed by atoms with van der Waals surface area (Å²) in [5, 5.41) is 24.3. The number of rotatable bonds is 5. The molecule has 176 valence electrons. The summed E-state index contributed by atoms with van der Waals surface area (Å²) in [6.07, 6.45) is -1.41. The Balaban J connectivity index is 1.55. The Kier molecular flexibility index (Phi) is 6.41. The number of hydrogen-bond acceptors (Lipinski definition) is 8. The maximum absolute atomic E-state index is 12.9. The first kappa shape index (κ1) is 23.6. The van der Waals surface area contributed by atoms with E-state index in [9.17, 15) is 23.4 Å². The maximum atomic E-state index is 12.9. The van der Waals surface area contributed by atoms with Crippen molar-refractivity contribution in [2.45, 2.75) is 44.7 Å². The number of piperidine rings is 1. The van der Waals surface area contributed by atoms with Gasteiger partial charge in [-0.3, -0.25) is 4.90 Å². The molecule has 4 rings (SSSR count). The molecule has 1 aromatic carbocycles. The molecule has 1 aliphatic heterocycles. The maximum Gasteiger partial charge on any atom is 0.433 e. The van der Waals surface area contributed by atoms with Crippen molar-refractivity contribution in [3.63, 3.8) is 0 Å². The van der Waals surface area contributed by atoms with E-state index in [-0.39, 0.29) is 5.95 Å². The SMILES string of the molecule is Cc1cc(Nc2nccc(C(F)(F)F)n2)cc(-c2cnc(C3(O)CCN(C(C)O)CC3)s2)c1. The summed E-state index contributed by atoms with van der Waals surface area (Å²) in [5.41, 5.74) is 0.183. The first-order valence-electron chi connectivity index (χ1n) is 10.4. The number of aryl methyl sites for hydroxylation is 1. The molecule has 0 bridgehead atoms. The fraction of sp³-hybridized carbons (Fsp3) is 0.409. The van der Waals surface area contributed by atoms with Crippen molar-refractivity contribution in [3.05, 3.63) is 52.9 Å². The molecule has 0 amide bonds. The van der Waals surface area contributed by atoms with Gasteiger partial charge in [-0.25, -0.2) is 15.0 Å². The van der Waals surface area contributed by atoms with Gasteiger partial charge in [-0.1, -0.05) is 6.07 Å². The number of hydrogen-bond donors (Lipinski definition) is 3. The zero-order chi connectivity index (χ0) is 23.8. The molecule has 2 aromatic heterocycles. The summed E-state index contributed by atoms with van der Waals surface area (Å²) in [7, 11) is 0. The van der Waals surface area contributed by atoms with Crippen molar-refractivity contribution in [2.75, 3.05) is 18.4 Å². The van der Waals surface area contributed by atoms with Crippen LogP contribution in [0.4, 0.5) is 24.8 Å². The smallest absolute Gasteiger partial charge is 0.383 e. The molecule has 1 unspecified atom stereocenters. The van der Waals surface area contributed by atoms with Gasteiger partial charge in [0, 0.05) is 31.2 Å². The average molecular weight is 480 g/mol. The average Bonchev–Trinajstić information content (AvgIpc) is 3.25. The molecule has 3 N–H and O–H groups in total. The highest BCUT2D eigenvalue weighted by molar-refractivity contribution is 7.15. The second kappa shape index (κ2) is 8.98. The molecule has 1 aliphatic rings. The summed E-state index contributed by atoms with van der Waals surface area (Å²) in [6.45, 7) is 4.72. The van der Waals surface area contributed by atoms with E-state index in [4.69, 9.17) is 0 Å². The lowest BCUT2D eigenvalue weighted by molar-refractivity contribution is -0.141. The molecular formula is C22H24F3N5O2S. The van der Waals surface area contributed by atoms with Crippen LogP contribution in [0.15, 0.2) is 36.7 Å². The molecule has 1 atom stereocenters. The van der Waals surface area contributed by atoms with Crippen molar-refractivity contribution in [3.8, 4) is 10.4 Å². The molecule has 0 radical (unpaired) electrons. The Bertz CT molecular complexity index is 1130. The lowest BCUT2D eigenvalue weighted by Gasteiger charge is -2.38. The van der Waals surface area contributed by atoms with E-state index in [1.165, 1.54) is 11.3 Å². The zero-order valence-corrected chi connectivity index (χ0v) is 18.9. The number of aliphatic hydroxyl groups is 2. The number of nitrogens with one attached hydrogen (secondary N) is 1. The van der Waals surface area contributed by atoms with Crippen molar-refractivity contribution in [2.24, 2.45) is 0 Å². The van der Waals surface area contributed by atoms with E-state index < -0.39 is 23.7 Å². The number of nitrogens with zero attached hydrogens (tertiary/aromatic N) is 4. The van der Waals surface area contributed by atoms with Crippen molar-refractivity contribution < 1.29 is 23.4 Å². The minimum absolute atomic E-state index is 0.148. The Morgan fingerprint density at radius 2 is 1.91 bits per heavy atom. The molecule has 1 saturated heterocycles. The Labute approximate surface area is 193 Å². The van der Waals surface area contributed by atoms with Gasteiger partial charge in [0.2, 0.25) is 5.95 Å². The van der Waals surface area contributed by atoms with E-state index in [2.05, 4.69) is 20.3 Å². The van der Waals surface area contributed by atoms with Gasteiger partial charge in [0.1, 0.15) is 22.5 Å². The van der Waals surface area contributed by atoms with Crippen LogP contribution in [0.1, 0.15) is 36.0 Å². The number of benzene rings is 1. The summed E-state index contributed by atoms with van der Waals surface area (Å²) >= 11 is 1.38. The minimum Gasteiger partial charge on any atom is -0.383 e. The van der Waals surface area contributed by atoms with Crippen LogP contribution in [0, 0.1) is 6.92 Å². The highest BCUT2D eigenvalue weighted by Gasteiger charge is 2.37. The normalized spacial score (nSPS) is 17.7. The van der Waals surface area contributed by atoms with Crippen LogP contribution >= 0.6 is 11.3 Å². The number of thiazole rings is 1. The Morgan fingerprint density at radius 3 is 2.58 bits per heavy atom. The lowest BCUT2D eigenvalue weighted by atomic mass is 9.92. The van der Waals surface area contributed by atoms with Gasteiger partial charge >= 0.3 is 6.18 Å². The summed E-state index contributed by atoms with van der Waals surface area (Å²) in [4.78, 5) is 14.6. The van der Waals surface area contributed by atoms with Gasteiger partial charge < -0.3 is 15.5 Å². The summed E-state index contributed by atoms with van der Waals surface area (Å²) < 4.78 is 38.8. The first-order valence-corrected chi connectivity index (χ1v) is 11.3. The highest BCUT2D eigenvalue weighted by atomic mass is 32.1. The molecular weight excluding hydrogens is 455 g/mol. The zero-order valence-electron chi connectivity index (χ0n) is 18.1. The second-order valence-corrected chi connectivity index (χ2v) is 9.24. The lowest BCUT2D eigenvalue weighted by Crippen LogP contribution is -2.46. The molecule has 3 heterocycles. The molecule has 0 spiro atoms. The van der Waals surface area contributed by atoms with Crippen LogP contribution in [-0.2, 0) is 11.8 Å². The van der Waals surface area contributed by atoms with Crippen LogP contribution < -0.4 is 5.32 Å². The first-order chi connectivity index (χ1) is 15.5. The molecule has 0 saturated carbocycles. The third-order valence-electron chi connectivity index (χ3n) is 5.62. The van der Waals surface area contributed by atoms with Gasteiger partial charge in [0.15, 0.2) is 0 Å². The molecule has 33 heavy (non-hydrogen) atoms. The highest BCUT2D eigenvalue weighted by Crippen LogP contribution is 2.39. The van der Waals surface area contributed by atoms with E-state index in [0.29, 0.717) is 36.6 Å². The van der Waals surface area contributed by atoms with Gasteiger partial charge in [0.05, 0.1) is 4.88 Å². The standard InChI is InChI=1S/C22H24F3N5O2S/c1-13-9-15(11-16(10-13)28-20-26-6-3-18(29-20)22(23,24)25)17-12-27-19(33-17)21(32)4-7-30(8-5-21)14(2)31/h3,6,9-12,14,31-32H,4-5,7-8H2,1-2H3,(H,26,28,29). The van der Waals surface area contributed by atoms with Crippen molar-refractivity contribution in [1.82, 2.24) is 19.9 Å². The molecule has 0 aliphatic carbocycles. The van der Waals surface area contributed by atoms with Gasteiger partial charge in [-0.2, -0.15) is 13.2 Å². The fourth-order valence-corrected chi connectivity index (χ4v) is 4.86. The predicted molar refractivity (Wildman–Crippen MR) is 119 cm³/mol. The van der Waals surface area contributed by atoms with Crippen LogP contribution in [0.25, 0.3) is 10.4 Å². The topological polar surface area (TPSA) is 94.4 Å². The third kappa shape index (κ3) is 5.32. The molecule has 11 heteroatoms. The Morgan fingerprint density at radius 1 is 1.18 bits per heavy atom. The van der Waals surface area contributed by atoms with E-state index in [1.54, 1.807) is 25.3 Å². The summed E-state index contributed by atoms with van der Waals surface area (Å²) in [6, 6.07) is 6.33. The van der Waals surface area contributed by atoms with E-state index in [1.807, 2.05) is 17.9 Å². The number of anilines is 2. The molecule has 7 nitrogen and oxygen atoms in total. The Hall–Kier alpha value is -2.60. The number of alkyl halides is 3. The fourth-order valence-electron chi connectivity index (χ4n) is 3.81. The third-order valence-corrected chi connectivity index (χ3v) is 6.86. The van der Waals surface area contributed by atoms with E-state index >= 15 is 0 Å². The molecule has 1 fully saturated rings. The summed E-state index contributed by atoms with van der Waals surface area (Å²) in [5.74, 6) is -0.148. The van der Waals surface area contributed by atoms with Crippen molar-refractivity contribution in [1.29, 1.82) is 0 Å². The van der Waals surface area contributed by atoms with E-state index in [0.717, 1.165) is 28.3 Å². The van der Waals surface area contributed by atoms with Crippen molar-refractivity contribution >= 4 is 23.0 Å².